The van der Waals surface area contributed by atoms with Gasteiger partial charge in [-0.2, -0.15) is 0 Å². The van der Waals surface area contributed by atoms with Crippen molar-refractivity contribution in [2.45, 2.75) is 10.9 Å². The number of thiophene rings is 1. The van der Waals surface area contributed by atoms with Crippen LogP contribution in [-0.4, -0.2) is 32.7 Å². The fraction of sp³-hybridized carbons (Fsp3) is 0.150. The van der Waals surface area contributed by atoms with Crippen LogP contribution >= 0.6 is 11.3 Å². The van der Waals surface area contributed by atoms with Gasteiger partial charge in [-0.1, -0.05) is 18.2 Å². The van der Waals surface area contributed by atoms with Crippen molar-refractivity contribution in [2.24, 2.45) is 0 Å². The van der Waals surface area contributed by atoms with Crippen molar-refractivity contribution in [1.29, 1.82) is 0 Å². The molecule has 0 saturated carbocycles. The van der Waals surface area contributed by atoms with E-state index >= 15 is 0 Å². The molecule has 1 N–H and O–H groups in total. The lowest BCUT2D eigenvalue weighted by atomic mass is 10.0. The molecule has 3 rings (SSSR count). The molecule has 3 aromatic rings. The molecule has 5 nitrogen and oxygen atoms in total. The van der Waals surface area contributed by atoms with Crippen molar-refractivity contribution in [3.63, 3.8) is 0 Å². The van der Waals surface area contributed by atoms with E-state index in [1.165, 1.54) is 61.8 Å². The summed E-state index contributed by atoms with van der Waals surface area (Å²) in [6.45, 7) is 0. The molecule has 146 valence electrons. The predicted octanol–water partition coefficient (Wildman–Crippen LogP) is 3.66. The highest BCUT2D eigenvalue weighted by Gasteiger charge is 2.21. The van der Waals surface area contributed by atoms with E-state index in [2.05, 4.69) is 5.32 Å². The number of benzene rings is 2. The number of nitrogens with zero attached hydrogens (tertiary/aromatic N) is 1. The summed E-state index contributed by atoms with van der Waals surface area (Å²) in [6.07, 6.45) is 0. The Kier molecular flexibility index (Phi) is 5.93. The van der Waals surface area contributed by atoms with E-state index in [1.807, 2.05) is 17.5 Å². The van der Waals surface area contributed by atoms with E-state index in [9.17, 15) is 17.6 Å². The molecule has 8 heteroatoms. The minimum atomic E-state index is -3.56. The Bertz CT molecular complexity index is 1050. The SMILES string of the molecule is CN(C)S(=O)(=O)c1ccc(C(=O)NC(c2ccc(F)cc2)c2cccs2)cc1. The molecule has 2 aromatic carbocycles. The molecule has 1 aromatic heterocycles. The molecular weight excluding hydrogens is 399 g/mol. The maximum Gasteiger partial charge on any atom is 0.252 e. The lowest BCUT2D eigenvalue weighted by molar-refractivity contribution is 0.0943. The highest BCUT2D eigenvalue weighted by atomic mass is 32.2. The van der Waals surface area contributed by atoms with Crippen LogP contribution in [-0.2, 0) is 10.0 Å². The summed E-state index contributed by atoms with van der Waals surface area (Å²) in [5.74, 6) is -0.700. The first kappa shape index (κ1) is 20.2. The summed E-state index contributed by atoms with van der Waals surface area (Å²) in [7, 11) is -0.660. The molecular formula is C20H19FN2O3S2. The van der Waals surface area contributed by atoms with E-state index in [4.69, 9.17) is 0 Å². The second-order valence-corrected chi connectivity index (χ2v) is 9.42. The molecule has 0 fully saturated rings. The van der Waals surface area contributed by atoms with E-state index < -0.39 is 16.1 Å². The number of nitrogens with one attached hydrogen (secondary N) is 1. The van der Waals surface area contributed by atoms with Gasteiger partial charge in [0.1, 0.15) is 5.82 Å². The summed E-state index contributed by atoms with van der Waals surface area (Å²) in [4.78, 5) is 13.8. The van der Waals surface area contributed by atoms with Gasteiger partial charge in [0.25, 0.3) is 5.91 Å². The van der Waals surface area contributed by atoms with Crippen molar-refractivity contribution in [1.82, 2.24) is 9.62 Å². The zero-order valence-electron chi connectivity index (χ0n) is 15.3. The molecule has 1 atom stereocenters. The van der Waals surface area contributed by atoms with Gasteiger partial charge in [-0.05, 0) is 53.4 Å². The maximum absolute atomic E-state index is 13.3. The van der Waals surface area contributed by atoms with Gasteiger partial charge in [0.05, 0.1) is 10.9 Å². The second kappa shape index (κ2) is 8.22. The molecule has 0 aliphatic rings. The van der Waals surface area contributed by atoms with Crippen LogP contribution in [0.1, 0.15) is 26.8 Å². The van der Waals surface area contributed by atoms with Crippen LogP contribution in [0.5, 0.6) is 0 Å². The zero-order chi connectivity index (χ0) is 20.3. The molecule has 0 radical (unpaired) electrons. The van der Waals surface area contributed by atoms with Crippen LogP contribution in [0.2, 0.25) is 0 Å². The third-order valence-electron chi connectivity index (χ3n) is 4.20. The standard InChI is InChI=1S/C20H19FN2O3S2/c1-23(2)28(25,26)17-11-7-15(8-12-17)20(24)22-19(18-4-3-13-27-18)14-5-9-16(21)10-6-14/h3-13,19H,1-2H3,(H,22,24). The van der Waals surface area contributed by atoms with Crippen LogP contribution in [0.15, 0.2) is 70.9 Å². The van der Waals surface area contributed by atoms with Crippen LogP contribution in [0.4, 0.5) is 4.39 Å². The van der Waals surface area contributed by atoms with Crippen LogP contribution in [0.25, 0.3) is 0 Å². The fourth-order valence-electron chi connectivity index (χ4n) is 2.63. The molecule has 0 spiro atoms. The number of sulfonamides is 1. The Morgan fingerprint density at radius 2 is 1.68 bits per heavy atom. The highest BCUT2D eigenvalue weighted by Crippen LogP contribution is 2.27. The second-order valence-electron chi connectivity index (χ2n) is 6.29. The molecule has 28 heavy (non-hydrogen) atoms. The van der Waals surface area contributed by atoms with Gasteiger partial charge in [0.2, 0.25) is 10.0 Å². The summed E-state index contributed by atoms with van der Waals surface area (Å²) >= 11 is 1.48. The molecule has 1 unspecified atom stereocenters. The Morgan fingerprint density at radius 3 is 2.21 bits per heavy atom. The number of amides is 1. The third-order valence-corrected chi connectivity index (χ3v) is 6.97. The van der Waals surface area contributed by atoms with Crippen molar-refractivity contribution in [3.8, 4) is 0 Å². The lowest BCUT2D eigenvalue weighted by Crippen LogP contribution is -2.29. The maximum atomic E-state index is 13.3. The van der Waals surface area contributed by atoms with E-state index in [0.717, 1.165) is 14.7 Å². The average molecular weight is 419 g/mol. The topological polar surface area (TPSA) is 66.5 Å². The van der Waals surface area contributed by atoms with Crippen molar-refractivity contribution < 1.29 is 17.6 Å². The van der Waals surface area contributed by atoms with Gasteiger partial charge in [-0.15, -0.1) is 11.3 Å². The van der Waals surface area contributed by atoms with Crippen LogP contribution in [0, 0.1) is 5.82 Å². The molecule has 0 aliphatic heterocycles. The number of halogens is 1. The van der Waals surface area contributed by atoms with Crippen LogP contribution in [0.3, 0.4) is 0 Å². The largest absolute Gasteiger partial charge is 0.340 e. The number of rotatable bonds is 6. The Labute approximate surface area is 167 Å². The van der Waals surface area contributed by atoms with E-state index in [1.54, 1.807) is 12.1 Å². The van der Waals surface area contributed by atoms with Gasteiger partial charge < -0.3 is 5.32 Å². The monoisotopic (exact) mass is 418 g/mol. The molecule has 1 amide bonds. The number of hydrogen-bond acceptors (Lipinski definition) is 4. The molecule has 0 bridgehead atoms. The first-order chi connectivity index (χ1) is 13.3. The lowest BCUT2D eigenvalue weighted by Gasteiger charge is -2.18. The Hall–Kier alpha value is -2.55. The van der Waals surface area contributed by atoms with Gasteiger partial charge >= 0.3 is 0 Å². The van der Waals surface area contributed by atoms with Crippen molar-refractivity contribution in [3.05, 3.63) is 87.9 Å². The first-order valence-corrected chi connectivity index (χ1v) is 10.7. The predicted molar refractivity (Wildman–Crippen MR) is 107 cm³/mol. The number of carbonyl (C=O) groups excluding carboxylic acids is 1. The molecule has 0 aliphatic carbocycles. The van der Waals surface area contributed by atoms with Gasteiger partial charge in [0, 0.05) is 24.5 Å². The van der Waals surface area contributed by atoms with E-state index in [-0.39, 0.29) is 16.6 Å². The quantitative estimate of drug-likeness (QED) is 0.664. The third kappa shape index (κ3) is 4.30. The Morgan fingerprint density at radius 1 is 1.04 bits per heavy atom. The summed E-state index contributed by atoms with van der Waals surface area (Å²) in [5, 5.41) is 4.84. The number of hydrogen-bond donors (Lipinski definition) is 1. The summed E-state index contributed by atoms with van der Waals surface area (Å²) in [6, 6.07) is 15.1. The van der Waals surface area contributed by atoms with Crippen LogP contribution < -0.4 is 5.32 Å². The average Bonchev–Trinajstić information content (AvgIpc) is 3.21. The van der Waals surface area contributed by atoms with Crippen molar-refractivity contribution in [2.75, 3.05) is 14.1 Å². The van der Waals surface area contributed by atoms with Gasteiger partial charge in [-0.25, -0.2) is 17.1 Å². The normalized spacial score (nSPS) is 12.7. The minimum Gasteiger partial charge on any atom is -0.340 e. The highest BCUT2D eigenvalue weighted by molar-refractivity contribution is 7.89. The van der Waals surface area contributed by atoms with E-state index in [0.29, 0.717) is 5.56 Å². The minimum absolute atomic E-state index is 0.113. The van der Waals surface area contributed by atoms with Gasteiger partial charge in [-0.3, -0.25) is 4.79 Å². The fourth-order valence-corrected chi connectivity index (χ4v) is 4.34. The summed E-state index contributed by atoms with van der Waals surface area (Å²) in [5.41, 5.74) is 1.09. The van der Waals surface area contributed by atoms with Crippen molar-refractivity contribution >= 4 is 27.3 Å². The molecule has 0 saturated heterocycles. The first-order valence-electron chi connectivity index (χ1n) is 8.41. The number of carbonyl (C=O) groups is 1. The summed E-state index contributed by atoms with van der Waals surface area (Å²) < 4.78 is 38.7. The zero-order valence-corrected chi connectivity index (χ0v) is 16.9. The van der Waals surface area contributed by atoms with Gasteiger partial charge in [0.15, 0.2) is 0 Å². The smallest absolute Gasteiger partial charge is 0.252 e. The Balaban J connectivity index is 1.85. The molecule has 1 heterocycles.